The van der Waals surface area contributed by atoms with Crippen LogP contribution in [0.25, 0.3) is 21.8 Å². The Morgan fingerprint density at radius 2 is 1.17 bits per heavy atom. The normalized spacial score (nSPS) is 13.8. The van der Waals surface area contributed by atoms with Crippen LogP contribution < -0.4 is 9.05 Å². The van der Waals surface area contributed by atoms with Gasteiger partial charge in [0.05, 0.1) is 11.0 Å². The van der Waals surface area contributed by atoms with E-state index in [1.807, 2.05) is 76.4 Å². The Morgan fingerprint density at radius 3 is 1.63 bits per heavy atom. The van der Waals surface area contributed by atoms with Gasteiger partial charge in [0.2, 0.25) is 0 Å². The fourth-order valence-corrected chi connectivity index (χ4v) is 10.4. The number of hydrogen-bond donors (Lipinski definition) is 0. The Hall–Kier alpha value is -5.90. The summed E-state index contributed by atoms with van der Waals surface area (Å²) in [5.41, 5.74) is 12.0. The summed E-state index contributed by atoms with van der Waals surface area (Å²) in [5, 5.41) is 2.34. The molecule has 0 bridgehead atoms. The van der Waals surface area contributed by atoms with Gasteiger partial charge in [0.1, 0.15) is 17.3 Å². The van der Waals surface area contributed by atoms with Crippen molar-refractivity contribution >= 4 is 38.9 Å². The van der Waals surface area contributed by atoms with E-state index in [9.17, 15) is 0 Å². The van der Waals surface area contributed by atoms with Gasteiger partial charge in [0, 0.05) is 35.8 Å². The van der Waals surface area contributed by atoms with Gasteiger partial charge in [-0.25, -0.2) is 0 Å². The van der Waals surface area contributed by atoms with Crippen molar-refractivity contribution in [2.45, 2.75) is 114 Å². The average molecular weight is 977 g/mol. The van der Waals surface area contributed by atoms with Crippen molar-refractivity contribution in [2.75, 3.05) is 7.11 Å². The molecule has 4 aromatic carbocycles. The molecule has 0 fully saturated rings. The van der Waals surface area contributed by atoms with Crippen molar-refractivity contribution in [3.63, 3.8) is 0 Å². The summed E-state index contributed by atoms with van der Waals surface area (Å²) < 4.78 is 30.1. The van der Waals surface area contributed by atoms with E-state index >= 15 is 0 Å². The Bertz CT molecular complexity index is 2810. The highest BCUT2D eigenvalue weighted by Gasteiger charge is 2.26. The van der Waals surface area contributed by atoms with Gasteiger partial charge < -0.3 is 18.1 Å². The number of hydrogen-bond acceptors (Lipinski definition) is 4. The lowest BCUT2D eigenvalue weighted by atomic mass is 9.85. The highest BCUT2D eigenvalue weighted by atomic mass is 31.2. The lowest BCUT2D eigenvalue weighted by Gasteiger charge is -2.26. The third kappa shape index (κ3) is 15.6. The Kier molecular flexibility index (Phi) is 23.7. The van der Waals surface area contributed by atoms with Gasteiger partial charge in [-0.3, -0.25) is 8.68 Å². The summed E-state index contributed by atoms with van der Waals surface area (Å²) in [5.74, 6) is 3.28. The molecule has 0 N–H and O–H groups in total. The second-order valence-corrected chi connectivity index (χ2v) is 20.2. The van der Waals surface area contributed by atoms with Gasteiger partial charge in [-0.05, 0) is 155 Å². The molecule has 370 valence electrons. The molecule has 1 aliphatic rings. The molecular formula is C62H78N2O4P2. The smallest absolute Gasteiger partial charge is 0.421 e. The number of fused-ring (bicyclic) bond motifs is 2. The summed E-state index contributed by atoms with van der Waals surface area (Å²) >= 11 is 0. The lowest BCUT2D eigenvalue weighted by Crippen LogP contribution is -2.07. The van der Waals surface area contributed by atoms with E-state index in [0.717, 1.165) is 64.1 Å². The van der Waals surface area contributed by atoms with E-state index < -0.39 is 17.1 Å². The van der Waals surface area contributed by atoms with Crippen LogP contribution in [0.1, 0.15) is 123 Å². The number of allylic oxidation sites excluding steroid dienone is 13. The minimum Gasteiger partial charge on any atom is -0.431 e. The molecule has 0 saturated carbocycles. The van der Waals surface area contributed by atoms with Gasteiger partial charge in [0.25, 0.3) is 0 Å². The molecule has 0 amide bonds. The first-order valence-corrected chi connectivity index (χ1v) is 26.8. The van der Waals surface area contributed by atoms with E-state index in [1.165, 1.54) is 38.8 Å². The number of rotatable bonds is 16. The van der Waals surface area contributed by atoms with Crippen molar-refractivity contribution in [1.29, 1.82) is 0 Å². The zero-order chi connectivity index (χ0) is 51.2. The first-order chi connectivity index (χ1) is 33.8. The third-order valence-corrected chi connectivity index (χ3v) is 14.2. The van der Waals surface area contributed by atoms with Crippen molar-refractivity contribution < 1.29 is 18.1 Å². The molecule has 0 radical (unpaired) electrons. The van der Waals surface area contributed by atoms with Crippen LogP contribution in [0.3, 0.4) is 0 Å². The van der Waals surface area contributed by atoms with Crippen molar-refractivity contribution in [3.05, 3.63) is 228 Å². The number of benzene rings is 4. The van der Waals surface area contributed by atoms with Gasteiger partial charge in [-0.2, -0.15) is 0 Å². The predicted octanol–water partition coefficient (Wildman–Crippen LogP) is 19.9. The van der Waals surface area contributed by atoms with Gasteiger partial charge in [0.15, 0.2) is 0 Å². The highest BCUT2D eigenvalue weighted by molar-refractivity contribution is 7.46. The summed E-state index contributed by atoms with van der Waals surface area (Å²) in [6.07, 6.45) is 25.3. The molecule has 0 spiro atoms. The molecule has 70 heavy (non-hydrogen) atoms. The Morgan fingerprint density at radius 1 is 0.671 bits per heavy atom. The molecular weight excluding hydrogens is 899 g/mol. The van der Waals surface area contributed by atoms with Gasteiger partial charge in [-0.1, -0.05) is 156 Å². The largest absolute Gasteiger partial charge is 0.431 e. The minimum absolute atomic E-state index is 0.318. The van der Waals surface area contributed by atoms with Crippen LogP contribution >= 0.6 is 17.1 Å². The SMILES string of the molecule is C/C=C\C.C=C/C=C/C(C1=CCCC(C)=C1CC)=C(\C=C/C)OP(Oc1cc(C)ccc1C(C)C)n1ccc2ccccc21.C=CC.COP(Oc1cc(C)ccc1C(C)C)n1ccc2ccccc21. The number of aryl methyl sites for hydroxylation is 2. The molecule has 1 aliphatic carbocycles. The molecule has 6 aromatic rings. The van der Waals surface area contributed by atoms with E-state index in [2.05, 4.69) is 187 Å². The average Bonchev–Trinajstić information content (AvgIpc) is 3.99. The number of aromatic nitrogens is 2. The Balaban J connectivity index is 0.000000298. The second-order valence-electron chi connectivity index (χ2n) is 17.5. The maximum Gasteiger partial charge on any atom is 0.421 e. The monoisotopic (exact) mass is 977 g/mol. The highest BCUT2D eigenvalue weighted by Crippen LogP contribution is 2.50. The van der Waals surface area contributed by atoms with Gasteiger partial charge >= 0.3 is 17.1 Å². The van der Waals surface area contributed by atoms with Crippen molar-refractivity contribution in [3.8, 4) is 11.5 Å². The van der Waals surface area contributed by atoms with Crippen LogP contribution in [-0.2, 0) is 9.05 Å². The number of para-hydroxylation sites is 2. The molecule has 7 rings (SSSR count). The molecule has 2 aromatic heterocycles. The standard InChI is InChI=1S/C36H42NO2P.C19H22NO2P.C4H8.C3H6/c1-8-11-18-33(32-19-14-16-28(7)30(32)10-3)35(15-9-2)38-40(37-24-23-29-17-12-13-20-34(29)37)39-36-25-27(6)21-22-31(36)26(4)5;1-14(2)17-10-9-15(3)13-19(17)22-23(21-4)20-12-11-16-7-5-6-8-18(16)20;1-3-4-2;1-3-2/h8-9,11-13,15,17-26H,1,10,14,16H2,2-7H3;5-14H,1-4H3;3-4H,1-2H3;3H,1H2,2H3/b15-9-,18-11+,35-33-;;4-3-;. The molecule has 0 saturated heterocycles. The lowest BCUT2D eigenvalue weighted by molar-refractivity contribution is 0.386. The number of nitrogens with zero attached hydrogens (tertiary/aromatic N) is 2. The fraction of sp³-hybridized carbons (Fsp3) is 0.290. The van der Waals surface area contributed by atoms with E-state index in [4.69, 9.17) is 18.1 Å². The molecule has 2 atom stereocenters. The molecule has 0 aliphatic heterocycles. The second kappa shape index (κ2) is 29.3. The van der Waals surface area contributed by atoms with E-state index in [1.54, 1.807) is 13.2 Å². The summed E-state index contributed by atoms with van der Waals surface area (Å²) in [4.78, 5) is 0. The van der Waals surface area contributed by atoms with E-state index in [0.29, 0.717) is 11.8 Å². The zero-order valence-corrected chi connectivity index (χ0v) is 46.0. The van der Waals surface area contributed by atoms with Crippen molar-refractivity contribution in [2.24, 2.45) is 0 Å². The maximum atomic E-state index is 7.01. The fourth-order valence-electron chi connectivity index (χ4n) is 7.84. The molecule has 8 heteroatoms. The van der Waals surface area contributed by atoms with Crippen LogP contribution in [0.15, 0.2) is 205 Å². The molecule has 6 nitrogen and oxygen atoms in total. The molecule has 2 heterocycles. The summed E-state index contributed by atoms with van der Waals surface area (Å²) in [7, 11) is -1.12. The third-order valence-electron chi connectivity index (χ3n) is 11.4. The quantitative estimate of drug-likeness (QED) is 0.0420. The van der Waals surface area contributed by atoms with Crippen LogP contribution in [0.2, 0.25) is 0 Å². The van der Waals surface area contributed by atoms with Crippen LogP contribution in [0, 0.1) is 13.8 Å². The first kappa shape index (κ1) is 56.7. The summed E-state index contributed by atoms with van der Waals surface area (Å²) in [6.45, 7) is 32.6. The predicted molar refractivity (Wildman–Crippen MR) is 306 cm³/mol. The van der Waals surface area contributed by atoms with Crippen molar-refractivity contribution in [1.82, 2.24) is 8.68 Å². The van der Waals surface area contributed by atoms with E-state index in [-0.39, 0.29) is 0 Å². The van der Waals surface area contributed by atoms with Gasteiger partial charge in [-0.15, -0.1) is 6.58 Å². The van der Waals surface area contributed by atoms with Crippen LogP contribution in [-0.4, -0.2) is 15.8 Å². The Labute approximate surface area is 424 Å². The van der Waals surface area contributed by atoms with Crippen LogP contribution in [0.4, 0.5) is 0 Å². The van der Waals surface area contributed by atoms with Crippen LogP contribution in [0.5, 0.6) is 11.5 Å². The maximum absolute atomic E-state index is 7.01. The minimum atomic E-state index is -1.59. The molecule has 2 unspecified atom stereocenters. The topological polar surface area (TPSA) is 46.8 Å². The summed E-state index contributed by atoms with van der Waals surface area (Å²) in [6, 6.07) is 33.7. The zero-order valence-electron chi connectivity index (χ0n) is 44.2. The first-order valence-electron chi connectivity index (χ1n) is 24.5.